The van der Waals surface area contributed by atoms with Crippen molar-refractivity contribution in [3.05, 3.63) is 23.9 Å². The average molecular weight is 280 g/mol. The second-order valence-corrected chi connectivity index (χ2v) is 5.59. The van der Waals surface area contributed by atoms with Crippen LogP contribution in [-0.2, 0) is 4.79 Å². The Bertz CT molecular complexity index is 516. The van der Waals surface area contributed by atoms with Crippen molar-refractivity contribution in [2.24, 2.45) is 5.92 Å². The van der Waals surface area contributed by atoms with E-state index in [4.69, 9.17) is 0 Å². The monoisotopic (exact) mass is 280 g/mol. The van der Waals surface area contributed by atoms with Gasteiger partial charge in [-0.3, -0.25) is 4.79 Å². The molecule has 2 rings (SSSR count). The number of amides is 1. The SMILES string of the molecule is CSc1ncccc1C(=O)NC(C)(C(=O)O)C1CC1. The summed E-state index contributed by atoms with van der Waals surface area (Å²) in [6.07, 6.45) is 5.12. The first-order valence-corrected chi connectivity index (χ1v) is 7.26. The zero-order chi connectivity index (χ0) is 14.0. The number of carboxylic acids is 1. The molecule has 0 spiro atoms. The van der Waals surface area contributed by atoms with Gasteiger partial charge in [0, 0.05) is 6.20 Å². The summed E-state index contributed by atoms with van der Waals surface area (Å²) in [6, 6.07) is 3.33. The average Bonchev–Trinajstić information content (AvgIpc) is 3.22. The summed E-state index contributed by atoms with van der Waals surface area (Å²) in [6.45, 7) is 1.57. The number of rotatable bonds is 5. The second-order valence-electron chi connectivity index (χ2n) is 4.80. The van der Waals surface area contributed by atoms with Crippen LogP contribution in [0.15, 0.2) is 23.4 Å². The number of hydrogen-bond acceptors (Lipinski definition) is 4. The molecule has 1 saturated carbocycles. The molecule has 1 atom stereocenters. The number of hydrogen-bond donors (Lipinski definition) is 2. The standard InChI is InChI=1S/C13H16N2O3S/c1-13(12(17)18,8-5-6-8)15-10(16)9-4-3-7-14-11(9)19-2/h3-4,7-8H,5-6H2,1-2H3,(H,15,16)(H,17,18). The third kappa shape index (κ3) is 2.73. The van der Waals surface area contributed by atoms with E-state index in [2.05, 4.69) is 10.3 Å². The summed E-state index contributed by atoms with van der Waals surface area (Å²) in [5.41, 5.74) is -0.772. The molecule has 6 heteroatoms. The van der Waals surface area contributed by atoms with Crippen LogP contribution in [0.3, 0.4) is 0 Å². The predicted octanol–water partition coefficient (Wildman–Crippen LogP) is 1.79. The Morgan fingerprint density at radius 1 is 1.53 bits per heavy atom. The summed E-state index contributed by atoms with van der Waals surface area (Å²) >= 11 is 1.36. The van der Waals surface area contributed by atoms with Crippen LogP contribution in [0.2, 0.25) is 0 Å². The van der Waals surface area contributed by atoms with Crippen LogP contribution in [0.4, 0.5) is 0 Å². The molecular weight excluding hydrogens is 264 g/mol. The number of pyridine rings is 1. The second kappa shape index (κ2) is 5.21. The van der Waals surface area contributed by atoms with Crippen molar-refractivity contribution >= 4 is 23.6 Å². The highest BCUT2D eigenvalue weighted by molar-refractivity contribution is 7.98. The van der Waals surface area contributed by atoms with Gasteiger partial charge in [-0.15, -0.1) is 11.8 Å². The number of thioether (sulfide) groups is 1. The molecule has 1 unspecified atom stereocenters. The van der Waals surface area contributed by atoms with E-state index < -0.39 is 11.5 Å². The van der Waals surface area contributed by atoms with Crippen LogP contribution >= 0.6 is 11.8 Å². The van der Waals surface area contributed by atoms with Crippen LogP contribution in [0.25, 0.3) is 0 Å². The Morgan fingerprint density at radius 2 is 2.21 bits per heavy atom. The van der Waals surface area contributed by atoms with Gasteiger partial charge in [-0.25, -0.2) is 9.78 Å². The summed E-state index contributed by atoms with van der Waals surface area (Å²) in [7, 11) is 0. The molecule has 1 aliphatic rings. The van der Waals surface area contributed by atoms with Crippen molar-refractivity contribution in [1.82, 2.24) is 10.3 Å². The first-order valence-electron chi connectivity index (χ1n) is 6.04. The Balaban J connectivity index is 2.22. The number of nitrogens with one attached hydrogen (secondary N) is 1. The van der Waals surface area contributed by atoms with E-state index in [-0.39, 0.29) is 11.8 Å². The van der Waals surface area contributed by atoms with Crippen LogP contribution in [0, 0.1) is 5.92 Å². The molecule has 0 saturated heterocycles. The fraction of sp³-hybridized carbons (Fsp3) is 0.462. The number of carbonyl (C=O) groups is 2. The van der Waals surface area contributed by atoms with Crippen molar-refractivity contribution in [1.29, 1.82) is 0 Å². The molecule has 0 bridgehead atoms. The largest absolute Gasteiger partial charge is 0.480 e. The quantitative estimate of drug-likeness (QED) is 0.804. The van der Waals surface area contributed by atoms with E-state index >= 15 is 0 Å². The van der Waals surface area contributed by atoms with Crippen molar-refractivity contribution < 1.29 is 14.7 Å². The van der Waals surface area contributed by atoms with Gasteiger partial charge in [0.25, 0.3) is 5.91 Å². The number of carboxylic acid groups (broad SMARTS) is 1. The topological polar surface area (TPSA) is 79.3 Å². The van der Waals surface area contributed by atoms with Gasteiger partial charge >= 0.3 is 5.97 Å². The molecule has 0 radical (unpaired) electrons. The maximum atomic E-state index is 12.2. The Labute approximate surface area is 115 Å². The van der Waals surface area contributed by atoms with E-state index in [1.54, 1.807) is 25.3 Å². The zero-order valence-electron chi connectivity index (χ0n) is 10.8. The molecule has 19 heavy (non-hydrogen) atoms. The molecule has 0 aliphatic heterocycles. The smallest absolute Gasteiger partial charge is 0.329 e. The minimum atomic E-state index is -1.19. The molecule has 1 aromatic heterocycles. The van der Waals surface area contributed by atoms with Gasteiger partial charge < -0.3 is 10.4 Å². The lowest BCUT2D eigenvalue weighted by molar-refractivity contribution is -0.144. The Morgan fingerprint density at radius 3 is 2.74 bits per heavy atom. The highest BCUT2D eigenvalue weighted by Gasteiger charge is 2.48. The zero-order valence-corrected chi connectivity index (χ0v) is 11.7. The molecule has 102 valence electrons. The summed E-state index contributed by atoms with van der Waals surface area (Å²) in [4.78, 5) is 27.7. The van der Waals surface area contributed by atoms with E-state index in [9.17, 15) is 14.7 Å². The molecule has 1 amide bonds. The van der Waals surface area contributed by atoms with Gasteiger partial charge in [0.2, 0.25) is 0 Å². The van der Waals surface area contributed by atoms with E-state index in [0.29, 0.717) is 10.6 Å². The van der Waals surface area contributed by atoms with Crippen LogP contribution in [0.1, 0.15) is 30.1 Å². The van der Waals surface area contributed by atoms with Crippen molar-refractivity contribution in [2.45, 2.75) is 30.3 Å². The van der Waals surface area contributed by atoms with E-state index in [1.165, 1.54) is 11.8 Å². The van der Waals surface area contributed by atoms with Gasteiger partial charge in [-0.2, -0.15) is 0 Å². The number of aromatic nitrogens is 1. The molecule has 0 aromatic carbocycles. The number of carbonyl (C=O) groups excluding carboxylic acids is 1. The minimum Gasteiger partial charge on any atom is -0.480 e. The van der Waals surface area contributed by atoms with Gasteiger partial charge in [0.05, 0.1) is 5.56 Å². The van der Waals surface area contributed by atoms with E-state index in [0.717, 1.165) is 12.8 Å². The first kappa shape index (κ1) is 13.9. The first-order chi connectivity index (χ1) is 8.99. The third-order valence-corrected chi connectivity index (χ3v) is 4.13. The van der Waals surface area contributed by atoms with Crippen LogP contribution in [-0.4, -0.2) is 33.8 Å². The van der Waals surface area contributed by atoms with Gasteiger partial charge in [-0.05, 0) is 44.1 Å². The Hall–Kier alpha value is -1.56. The highest BCUT2D eigenvalue weighted by atomic mass is 32.2. The van der Waals surface area contributed by atoms with Crippen LogP contribution < -0.4 is 5.32 Å². The Kier molecular flexibility index (Phi) is 3.80. The lowest BCUT2D eigenvalue weighted by Gasteiger charge is -2.26. The molecule has 1 heterocycles. The maximum absolute atomic E-state index is 12.2. The normalized spacial score (nSPS) is 17.6. The molecule has 1 aliphatic carbocycles. The molecule has 2 N–H and O–H groups in total. The number of aliphatic carboxylic acids is 1. The van der Waals surface area contributed by atoms with Crippen molar-refractivity contribution in [2.75, 3.05) is 6.26 Å². The predicted molar refractivity (Wildman–Crippen MR) is 72.2 cm³/mol. The fourth-order valence-corrected chi connectivity index (χ4v) is 2.57. The molecule has 5 nitrogen and oxygen atoms in total. The van der Waals surface area contributed by atoms with Crippen LogP contribution in [0.5, 0.6) is 0 Å². The van der Waals surface area contributed by atoms with Gasteiger partial charge in [0.15, 0.2) is 0 Å². The maximum Gasteiger partial charge on any atom is 0.329 e. The molecule has 1 fully saturated rings. The van der Waals surface area contributed by atoms with Crippen molar-refractivity contribution in [3.8, 4) is 0 Å². The molecule has 1 aromatic rings. The van der Waals surface area contributed by atoms with Gasteiger partial charge in [0.1, 0.15) is 10.6 Å². The number of nitrogens with zero attached hydrogens (tertiary/aromatic N) is 1. The summed E-state index contributed by atoms with van der Waals surface area (Å²) in [5.74, 6) is -1.35. The van der Waals surface area contributed by atoms with E-state index in [1.807, 2.05) is 6.26 Å². The summed E-state index contributed by atoms with van der Waals surface area (Å²) in [5, 5.41) is 12.6. The highest BCUT2D eigenvalue weighted by Crippen LogP contribution is 2.40. The fourth-order valence-electron chi connectivity index (χ4n) is 2.02. The van der Waals surface area contributed by atoms with Crippen molar-refractivity contribution in [3.63, 3.8) is 0 Å². The summed E-state index contributed by atoms with van der Waals surface area (Å²) < 4.78 is 0. The lowest BCUT2D eigenvalue weighted by Crippen LogP contribution is -2.54. The van der Waals surface area contributed by atoms with Gasteiger partial charge in [-0.1, -0.05) is 0 Å². The lowest BCUT2D eigenvalue weighted by atomic mass is 9.95. The molecular formula is C13H16N2O3S. The third-order valence-electron chi connectivity index (χ3n) is 3.42. The minimum absolute atomic E-state index is 0.0170.